The van der Waals surface area contributed by atoms with Crippen LogP contribution in [0.1, 0.15) is 31.0 Å². The van der Waals surface area contributed by atoms with E-state index in [4.69, 9.17) is 0 Å². The smallest absolute Gasteiger partial charge is 0.328 e. The van der Waals surface area contributed by atoms with Gasteiger partial charge in [-0.15, -0.1) is 5.10 Å². The fraction of sp³-hybridized carbons (Fsp3) is 0.462. The molecular formula is C13H17N3O2. The monoisotopic (exact) mass is 247 g/mol. The Kier molecular flexibility index (Phi) is 3.07. The van der Waals surface area contributed by atoms with Gasteiger partial charge in [-0.2, -0.15) is 0 Å². The lowest BCUT2D eigenvalue weighted by Crippen LogP contribution is -2.25. The zero-order valence-electron chi connectivity index (χ0n) is 11.0. The SMILES string of the molecule is Cc1cc2nnn(C(C(=O)O)C(C)C)c2cc1C. The summed E-state index contributed by atoms with van der Waals surface area (Å²) in [6, 6.07) is 3.20. The molecule has 0 aliphatic carbocycles. The van der Waals surface area contributed by atoms with E-state index < -0.39 is 12.0 Å². The van der Waals surface area contributed by atoms with Crippen LogP contribution in [0.15, 0.2) is 12.1 Å². The molecular weight excluding hydrogens is 230 g/mol. The van der Waals surface area contributed by atoms with Gasteiger partial charge in [0.05, 0.1) is 5.52 Å². The van der Waals surface area contributed by atoms with E-state index in [0.717, 1.165) is 22.2 Å². The fourth-order valence-corrected chi connectivity index (χ4v) is 2.07. The first-order valence-electron chi connectivity index (χ1n) is 5.96. The predicted molar refractivity (Wildman–Crippen MR) is 68.5 cm³/mol. The van der Waals surface area contributed by atoms with Crippen molar-refractivity contribution in [3.05, 3.63) is 23.3 Å². The zero-order valence-corrected chi connectivity index (χ0v) is 11.0. The lowest BCUT2D eigenvalue weighted by atomic mass is 10.0. The summed E-state index contributed by atoms with van der Waals surface area (Å²) in [6.07, 6.45) is 0. The third-order valence-corrected chi connectivity index (χ3v) is 3.23. The van der Waals surface area contributed by atoms with E-state index in [0.29, 0.717) is 0 Å². The number of carbonyl (C=O) groups is 1. The molecule has 0 radical (unpaired) electrons. The van der Waals surface area contributed by atoms with E-state index in [1.54, 1.807) is 0 Å². The van der Waals surface area contributed by atoms with Gasteiger partial charge in [-0.25, -0.2) is 9.48 Å². The maximum Gasteiger partial charge on any atom is 0.328 e. The van der Waals surface area contributed by atoms with Crippen LogP contribution in [0, 0.1) is 19.8 Å². The number of carboxylic acids is 1. The Morgan fingerprint density at radius 1 is 1.28 bits per heavy atom. The number of hydrogen-bond acceptors (Lipinski definition) is 3. The maximum absolute atomic E-state index is 11.3. The molecule has 0 aliphatic rings. The van der Waals surface area contributed by atoms with Crippen molar-refractivity contribution in [1.82, 2.24) is 15.0 Å². The Balaban J connectivity index is 2.64. The van der Waals surface area contributed by atoms with E-state index in [1.165, 1.54) is 4.68 Å². The molecule has 0 amide bonds. The first-order valence-corrected chi connectivity index (χ1v) is 5.96. The first-order chi connectivity index (χ1) is 8.41. The van der Waals surface area contributed by atoms with Crippen LogP contribution in [0.3, 0.4) is 0 Å². The van der Waals surface area contributed by atoms with Crippen molar-refractivity contribution in [2.24, 2.45) is 5.92 Å². The lowest BCUT2D eigenvalue weighted by molar-refractivity contribution is -0.142. The average molecular weight is 247 g/mol. The molecule has 1 N–H and O–H groups in total. The van der Waals surface area contributed by atoms with Crippen molar-refractivity contribution in [2.45, 2.75) is 33.7 Å². The van der Waals surface area contributed by atoms with Crippen molar-refractivity contribution >= 4 is 17.0 Å². The minimum absolute atomic E-state index is 0.0472. The summed E-state index contributed by atoms with van der Waals surface area (Å²) >= 11 is 0. The molecule has 5 nitrogen and oxygen atoms in total. The van der Waals surface area contributed by atoms with Gasteiger partial charge >= 0.3 is 5.97 Å². The molecule has 1 heterocycles. The van der Waals surface area contributed by atoms with E-state index in [-0.39, 0.29) is 5.92 Å². The zero-order chi connectivity index (χ0) is 13.4. The summed E-state index contributed by atoms with van der Waals surface area (Å²) in [6.45, 7) is 7.74. The number of rotatable bonds is 3. The third-order valence-electron chi connectivity index (χ3n) is 3.23. The van der Waals surface area contributed by atoms with Crippen molar-refractivity contribution in [3.8, 4) is 0 Å². The molecule has 1 aromatic heterocycles. The number of hydrogen-bond donors (Lipinski definition) is 1. The highest BCUT2D eigenvalue weighted by Crippen LogP contribution is 2.24. The molecule has 0 aliphatic heterocycles. The largest absolute Gasteiger partial charge is 0.480 e. The van der Waals surface area contributed by atoms with Gasteiger partial charge in [-0.3, -0.25) is 0 Å². The summed E-state index contributed by atoms with van der Waals surface area (Å²) in [5.74, 6) is -0.927. The second-order valence-electron chi connectivity index (χ2n) is 4.99. The van der Waals surface area contributed by atoms with Crippen molar-refractivity contribution in [1.29, 1.82) is 0 Å². The molecule has 0 bridgehead atoms. The molecule has 0 saturated heterocycles. The van der Waals surface area contributed by atoms with Crippen LogP contribution < -0.4 is 0 Å². The maximum atomic E-state index is 11.3. The summed E-state index contributed by atoms with van der Waals surface area (Å²) < 4.78 is 1.51. The normalized spacial score (nSPS) is 13.2. The van der Waals surface area contributed by atoms with Gasteiger partial charge in [-0.1, -0.05) is 19.1 Å². The molecule has 1 unspecified atom stereocenters. The molecule has 18 heavy (non-hydrogen) atoms. The number of carboxylic acid groups (broad SMARTS) is 1. The Morgan fingerprint density at radius 3 is 2.44 bits per heavy atom. The number of fused-ring (bicyclic) bond motifs is 1. The van der Waals surface area contributed by atoms with Gasteiger partial charge in [0.15, 0.2) is 6.04 Å². The van der Waals surface area contributed by atoms with Crippen LogP contribution in [-0.2, 0) is 4.79 Å². The Labute approximate surface area is 105 Å². The van der Waals surface area contributed by atoms with E-state index in [2.05, 4.69) is 10.3 Å². The summed E-state index contributed by atoms with van der Waals surface area (Å²) in [7, 11) is 0. The molecule has 1 atom stereocenters. The number of benzene rings is 1. The molecule has 0 fully saturated rings. The average Bonchev–Trinajstić information content (AvgIpc) is 2.62. The Bertz CT molecular complexity index is 602. The summed E-state index contributed by atoms with van der Waals surface area (Å²) in [5.41, 5.74) is 3.76. The van der Waals surface area contributed by atoms with Crippen LogP contribution in [0.5, 0.6) is 0 Å². The van der Waals surface area contributed by atoms with Crippen molar-refractivity contribution in [2.75, 3.05) is 0 Å². The Hall–Kier alpha value is -1.91. The van der Waals surface area contributed by atoms with Gasteiger partial charge in [-0.05, 0) is 43.0 Å². The number of aliphatic carboxylic acids is 1. The lowest BCUT2D eigenvalue weighted by Gasteiger charge is -2.16. The number of nitrogens with zero attached hydrogens (tertiary/aromatic N) is 3. The predicted octanol–water partition coefficient (Wildman–Crippen LogP) is 2.33. The minimum atomic E-state index is -0.880. The second-order valence-corrected chi connectivity index (χ2v) is 4.99. The first kappa shape index (κ1) is 12.5. The molecule has 0 spiro atoms. The second kappa shape index (κ2) is 4.40. The van der Waals surface area contributed by atoms with Gasteiger partial charge in [0.2, 0.25) is 0 Å². The van der Waals surface area contributed by atoms with Crippen molar-refractivity contribution < 1.29 is 9.90 Å². The topological polar surface area (TPSA) is 68.0 Å². The standard InChI is InChI=1S/C13H17N3O2/c1-7(2)12(13(17)18)16-11-6-9(4)8(3)5-10(11)14-15-16/h5-7,12H,1-4H3,(H,17,18). The van der Waals surface area contributed by atoms with Crippen LogP contribution in [0.2, 0.25) is 0 Å². The molecule has 2 aromatic rings. The number of aryl methyl sites for hydroxylation is 2. The molecule has 0 saturated carbocycles. The van der Waals surface area contributed by atoms with Gasteiger partial charge in [0, 0.05) is 0 Å². The van der Waals surface area contributed by atoms with Crippen LogP contribution >= 0.6 is 0 Å². The quantitative estimate of drug-likeness (QED) is 0.903. The van der Waals surface area contributed by atoms with Crippen molar-refractivity contribution in [3.63, 3.8) is 0 Å². The summed E-state index contributed by atoms with van der Waals surface area (Å²) in [4.78, 5) is 11.3. The van der Waals surface area contributed by atoms with E-state index >= 15 is 0 Å². The molecule has 1 aromatic carbocycles. The fourth-order valence-electron chi connectivity index (χ4n) is 2.07. The molecule has 5 heteroatoms. The minimum Gasteiger partial charge on any atom is -0.480 e. The van der Waals surface area contributed by atoms with Crippen LogP contribution in [-0.4, -0.2) is 26.1 Å². The van der Waals surface area contributed by atoms with E-state index in [9.17, 15) is 9.90 Å². The Morgan fingerprint density at radius 2 is 1.89 bits per heavy atom. The summed E-state index contributed by atoms with van der Waals surface area (Å²) in [5, 5.41) is 17.4. The van der Waals surface area contributed by atoms with E-state index in [1.807, 2.05) is 39.8 Å². The molecule has 2 rings (SSSR count). The van der Waals surface area contributed by atoms with Crippen LogP contribution in [0.4, 0.5) is 0 Å². The van der Waals surface area contributed by atoms with Gasteiger partial charge < -0.3 is 5.11 Å². The highest BCUT2D eigenvalue weighted by atomic mass is 16.4. The third kappa shape index (κ3) is 1.96. The van der Waals surface area contributed by atoms with Gasteiger partial charge in [0.25, 0.3) is 0 Å². The molecule has 96 valence electrons. The highest BCUT2D eigenvalue weighted by Gasteiger charge is 2.26. The van der Waals surface area contributed by atoms with Crippen LogP contribution in [0.25, 0.3) is 11.0 Å². The van der Waals surface area contributed by atoms with Gasteiger partial charge in [0.1, 0.15) is 5.52 Å². The number of aromatic nitrogens is 3. The highest BCUT2D eigenvalue weighted by molar-refractivity contribution is 5.80.